The SMILES string of the molecule is O=C(NCn1nnc2cc(Cl)ccc21)c1ccc2ccccc2c1. The molecule has 0 atom stereocenters. The van der Waals surface area contributed by atoms with Crippen LogP contribution in [-0.4, -0.2) is 20.9 Å². The van der Waals surface area contributed by atoms with Crippen LogP contribution < -0.4 is 5.32 Å². The smallest absolute Gasteiger partial charge is 0.252 e. The summed E-state index contributed by atoms with van der Waals surface area (Å²) in [5, 5.41) is 13.7. The second-order valence-electron chi connectivity index (χ2n) is 5.45. The van der Waals surface area contributed by atoms with Crippen LogP contribution in [0.1, 0.15) is 10.4 Å². The summed E-state index contributed by atoms with van der Waals surface area (Å²) in [6.07, 6.45) is 0. The minimum Gasteiger partial charge on any atom is -0.333 e. The Labute approximate surface area is 142 Å². The molecule has 0 saturated heterocycles. The van der Waals surface area contributed by atoms with E-state index in [-0.39, 0.29) is 12.6 Å². The number of amides is 1. The molecule has 1 amide bonds. The number of nitrogens with zero attached hydrogens (tertiary/aromatic N) is 3. The maximum absolute atomic E-state index is 12.4. The molecule has 1 heterocycles. The highest BCUT2D eigenvalue weighted by atomic mass is 35.5. The van der Waals surface area contributed by atoms with Gasteiger partial charge in [0.25, 0.3) is 5.91 Å². The van der Waals surface area contributed by atoms with Crippen molar-refractivity contribution in [3.05, 3.63) is 71.2 Å². The van der Waals surface area contributed by atoms with Crippen LogP contribution in [0.3, 0.4) is 0 Å². The normalized spacial score (nSPS) is 11.0. The van der Waals surface area contributed by atoms with Gasteiger partial charge in [-0.25, -0.2) is 4.68 Å². The molecule has 0 aliphatic carbocycles. The molecular weight excluding hydrogens is 324 g/mol. The van der Waals surface area contributed by atoms with E-state index in [1.54, 1.807) is 16.8 Å². The zero-order chi connectivity index (χ0) is 16.5. The van der Waals surface area contributed by atoms with Gasteiger partial charge in [0, 0.05) is 10.6 Å². The van der Waals surface area contributed by atoms with Gasteiger partial charge in [-0.15, -0.1) is 5.10 Å². The number of rotatable bonds is 3. The van der Waals surface area contributed by atoms with Gasteiger partial charge in [0.2, 0.25) is 0 Å². The first-order chi connectivity index (χ1) is 11.7. The van der Waals surface area contributed by atoms with Gasteiger partial charge in [-0.2, -0.15) is 0 Å². The lowest BCUT2D eigenvalue weighted by atomic mass is 10.1. The number of fused-ring (bicyclic) bond motifs is 2. The van der Waals surface area contributed by atoms with E-state index < -0.39 is 0 Å². The highest BCUT2D eigenvalue weighted by molar-refractivity contribution is 6.31. The Morgan fingerprint density at radius 2 is 1.88 bits per heavy atom. The quantitative estimate of drug-likeness (QED) is 0.621. The molecule has 0 radical (unpaired) electrons. The molecule has 1 N–H and O–H groups in total. The summed E-state index contributed by atoms with van der Waals surface area (Å²) in [6.45, 7) is 0.240. The number of aromatic nitrogens is 3. The van der Waals surface area contributed by atoms with Crippen molar-refractivity contribution >= 4 is 39.3 Å². The van der Waals surface area contributed by atoms with E-state index >= 15 is 0 Å². The number of hydrogen-bond acceptors (Lipinski definition) is 3. The molecule has 6 heteroatoms. The third kappa shape index (κ3) is 2.70. The van der Waals surface area contributed by atoms with E-state index in [9.17, 15) is 4.79 Å². The Hall–Kier alpha value is -2.92. The van der Waals surface area contributed by atoms with E-state index in [2.05, 4.69) is 15.6 Å². The van der Waals surface area contributed by atoms with Gasteiger partial charge in [0.15, 0.2) is 0 Å². The van der Waals surface area contributed by atoms with E-state index in [1.165, 1.54) is 0 Å². The van der Waals surface area contributed by atoms with Gasteiger partial charge in [-0.3, -0.25) is 4.79 Å². The molecular formula is C18H13ClN4O. The van der Waals surface area contributed by atoms with Crippen LogP contribution in [0, 0.1) is 0 Å². The number of benzene rings is 3. The lowest BCUT2D eigenvalue weighted by molar-refractivity contribution is 0.0940. The zero-order valence-corrected chi connectivity index (χ0v) is 13.4. The van der Waals surface area contributed by atoms with Crippen LogP contribution in [0.15, 0.2) is 60.7 Å². The molecule has 4 rings (SSSR count). The number of carbonyl (C=O) groups is 1. The minimum absolute atomic E-state index is 0.154. The molecule has 4 aromatic rings. The fraction of sp³-hybridized carbons (Fsp3) is 0.0556. The fourth-order valence-corrected chi connectivity index (χ4v) is 2.81. The molecule has 0 bridgehead atoms. The molecule has 118 valence electrons. The summed E-state index contributed by atoms with van der Waals surface area (Å²) in [5.41, 5.74) is 2.13. The molecule has 3 aromatic carbocycles. The average molecular weight is 337 g/mol. The molecule has 5 nitrogen and oxygen atoms in total. The minimum atomic E-state index is -0.154. The first-order valence-electron chi connectivity index (χ1n) is 7.46. The zero-order valence-electron chi connectivity index (χ0n) is 12.6. The first kappa shape index (κ1) is 14.7. The molecule has 24 heavy (non-hydrogen) atoms. The van der Waals surface area contributed by atoms with Crippen LogP contribution in [-0.2, 0) is 6.67 Å². The summed E-state index contributed by atoms with van der Waals surface area (Å²) in [4.78, 5) is 12.4. The van der Waals surface area contributed by atoms with Gasteiger partial charge >= 0.3 is 0 Å². The molecule has 0 aliphatic rings. The lowest BCUT2D eigenvalue weighted by Crippen LogP contribution is -2.26. The standard InChI is InChI=1S/C18H13ClN4O/c19-15-7-8-17-16(10-15)21-22-23(17)11-20-18(24)14-6-5-12-3-1-2-4-13(12)9-14/h1-10H,11H2,(H,20,24). The third-order valence-electron chi connectivity index (χ3n) is 3.88. The van der Waals surface area contributed by atoms with Crippen molar-refractivity contribution in [1.29, 1.82) is 0 Å². The van der Waals surface area contributed by atoms with E-state index in [0.29, 0.717) is 16.1 Å². The van der Waals surface area contributed by atoms with E-state index in [4.69, 9.17) is 11.6 Å². The molecule has 0 spiro atoms. The summed E-state index contributed by atoms with van der Waals surface area (Å²) >= 11 is 5.94. The first-order valence-corrected chi connectivity index (χ1v) is 7.84. The highest BCUT2D eigenvalue weighted by Crippen LogP contribution is 2.17. The van der Waals surface area contributed by atoms with Crippen LogP contribution in [0.25, 0.3) is 21.8 Å². The molecule has 0 saturated carbocycles. The number of nitrogens with one attached hydrogen (secondary N) is 1. The second-order valence-corrected chi connectivity index (χ2v) is 5.88. The number of carbonyl (C=O) groups excluding carboxylic acids is 1. The number of hydrogen-bond donors (Lipinski definition) is 1. The molecule has 0 unspecified atom stereocenters. The molecule has 1 aromatic heterocycles. The van der Waals surface area contributed by atoms with Crippen LogP contribution in [0.2, 0.25) is 5.02 Å². The monoisotopic (exact) mass is 336 g/mol. The Kier molecular flexibility index (Phi) is 3.63. The Bertz CT molecular complexity index is 1060. The summed E-state index contributed by atoms with van der Waals surface area (Å²) < 4.78 is 1.63. The van der Waals surface area contributed by atoms with Gasteiger partial charge < -0.3 is 5.32 Å². The van der Waals surface area contributed by atoms with Gasteiger partial charge in [0.05, 0.1) is 5.52 Å². The Morgan fingerprint density at radius 1 is 1.04 bits per heavy atom. The topological polar surface area (TPSA) is 59.8 Å². The average Bonchev–Trinajstić information content (AvgIpc) is 3.01. The lowest BCUT2D eigenvalue weighted by Gasteiger charge is -2.07. The van der Waals surface area contributed by atoms with Crippen molar-refractivity contribution in [3.8, 4) is 0 Å². The predicted octanol–water partition coefficient (Wildman–Crippen LogP) is 3.63. The van der Waals surface area contributed by atoms with Crippen molar-refractivity contribution in [2.45, 2.75) is 6.67 Å². The van der Waals surface area contributed by atoms with Crippen molar-refractivity contribution < 1.29 is 4.79 Å². The van der Waals surface area contributed by atoms with Crippen LogP contribution in [0.4, 0.5) is 0 Å². The van der Waals surface area contributed by atoms with Gasteiger partial charge in [0.1, 0.15) is 12.2 Å². The van der Waals surface area contributed by atoms with Crippen molar-refractivity contribution in [1.82, 2.24) is 20.3 Å². The highest BCUT2D eigenvalue weighted by Gasteiger charge is 2.09. The third-order valence-corrected chi connectivity index (χ3v) is 4.11. The van der Waals surface area contributed by atoms with Crippen molar-refractivity contribution in [3.63, 3.8) is 0 Å². The second kappa shape index (κ2) is 5.94. The van der Waals surface area contributed by atoms with Crippen LogP contribution >= 0.6 is 11.6 Å². The Balaban J connectivity index is 1.54. The van der Waals surface area contributed by atoms with Crippen molar-refractivity contribution in [2.75, 3.05) is 0 Å². The summed E-state index contributed by atoms with van der Waals surface area (Å²) in [7, 11) is 0. The predicted molar refractivity (Wildman–Crippen MR) is 94.0 cm³/mol. The maximum Gasteiger partial charge on any atom is 0.252 e. The molecule has 0 fully saturated rings. The van der Waals surface area contributed by atoms with Crippen molar-refractivity contribution in [2.24, 2.45) is 0 Å². The summed E-state index contributed by atoms with van der Waals surface area (Å²) in [6, 6.07) is 18.9. The van der Waals surface area contributed by atoms with Crippen LogP contribution in [0.5, 0.6) is 0 Å². The van der Waals surface area contributed by atoms with E-state index in [0.717, 1.165) is 16.3 Å². The van der Waals surface area contributed by atoms with E-state index in [1.807, 2.05) is 48.5 Å². The van der Waals surface area contributed by atoms with Gasteiger partial charge in [-0.05, 0) is 41.1 Å². The largest absolute Gasteiger partial charge is 0.333 e. The molecule has 0 aliphatic heterocycles. The maximum atomic E-state index is 12.4. The summed E-state index contributed by atoms with van der Waals surface area (Å²) in [5.74, 6) is -0.154. The number of halogens is 1. The Morgan fingerprint density at radius 3 is 2.75 bits per heavy atom. The fourth-order valence-electron chi connectivity index (χ4n) is 2.64. The van der Waals surface area contributed by atoms with Gasteiger partial charge in [-0.1, -0.05) is 47.1 Å².